The fraction of sp³-hybridized carbons (Fsp3) is 0.133. The number of rotatable bonds is 7. The fourth-order valence-corrected chi connectivity index (χ4v) is 5.58. The second kappa shape index (κ2) is 12.0. The van der Waals surface area contributed by atoms with Crippen molar-refractivity contribution in [1.82, 2.24) is 9.88 Å². The number of carboxylic acid groups (broad SMARTS) is 1. The molecule has 0 aliphatic carbocycles. The number of carboxylic acids is 1. The predicted octanol–water partition coefficient (Wildman–Crippen LogP) is 6.59. The molecule has 2 atom stereocenters. The van der Waals surface area contributed by atoms with Crippen LogP contribution in [-0.2, 0) is 16.0 Å². The van der Waals surface area contributed by atoms with Crippen LogP contribution >= 0.6 is 45.8 Å². The van der Waals surface area contributed by atoms with Crippen molar-refractivity contribution in [3.05, 3.63) is 127 Å². The predicted molar refractivity (Wildman–Crippen MR) is 162 cm³/mol. The van der Waals surface area contributed by atoms with Crippen molar-refractivity contribution in [2.75, 3.05) is 11.4 Å². The van der Waals surface area contributed by atoms with E-state index in [1.807, 2.05) is 24.3 Å². The van der Waals surface area contributed by atoms with Crippen LogP contribution in [0.3, 0.4) is 0 Å². The Morgan fingerprint density at radius 1 is 0.950 bits per heavy atom. The zero-order valence-corrected chi connectivity index (χ0v) is 24.5. The summed E-state index contributed by atoms with van der Waals surface area (Å²) in [5, 5.41) is 11.4. The van der Waals surface area contributed by atoms with Crippen molar-refractivity contribution in [3.8, 4) is 0 Å². The van der Waals surface area contributed by atoms with Gasteiger partial charge < -0.3 is 14.9 Å². The molecule has 0 radical (unpaired) electrons. The highest BCUT2D eigenvalue weighted by molar-refractivity contribution is 14.1. The Labute approximate surface area is 254 Å². The number of benzene rings is 3. The number of aromatic nitrogens is 1. The van der Waals surface area contributed by atoms with E-state index < -0.39 is 29.9 Å². The first-order valence-corrected chi connectivity index (χ1v) is 14.2. The van der Waals surface area contributed by atoms with E-state index in [4.69, 9.17) is 23.2 Å². The number of nitrogens with zero attached hydrogens (tertiary/aromatic N) is 3. The van der Waals surface area contributed by atoms with Gasteiger partial charge in [-0.15, -0.1) is 0 Å². The molecule has 5 rings (SSSR count). The van der Waals surface area contributed by atoms with Crippen molar-refractivity contribution < 1.29 is 19.5 Å². The molecule has 202 valence electrons. The summed E-state index contributed by atoms with van der Waals surface area (Å²) in [6, 6.07) is 20.8. The number of fused-ring (bicyclic) bond motifs is 1. The lowest BCUT2D eigenvalue weighted by atomic mass is 9.97. The molecule has 0 bridgehead atoms. The third-order valence-electron chi connectivity index (χ3n) is 6.69. The van der Waals surface area contributed by atoms with Crippen molar-refractivity contribution in [3.63, 3.8) is 0 Å². The Kier molecular flexibility index (Phi) is 8.39. The molecule has 0 saturated heterocycles. The molecule has 7 nitrogen and oxygen atoms in total. The molecule has 1 N–H and O–H groups in total. The quantitative estimate of drug-likeness (QED) is 0.222. The second-order valence-electron chi connectivity index (χ2n) is 9.18. The Hall–Kier alpha value is -3.47. The van der Waals surface area contributed by atoms with Gasteiger partial charge in [-0.25, -0.2) is 4.79 Å². The number of aliphatic carboxylic acids is 1. The first-order chi connectivity index (χ1) is 19.2. The van der Waals surface area contributed by atoms with Gasteiger partial charge in [0.1, 0.15) is 6.04 Å². The number of carbonyl (C=O) groups excluding carboxylic acids is 2. The molecule has 2 unspecified atom stereocenters. The minimum absolute atomic E-state index is 0.229. The molecule has 0 spiro atoms. The molecular weight excluding hydrogens is 664 g/mol. The van der Waals surface area contributed by atoms with Gasteiger partial charge in [-0.3, -0.25) is 14.6 Å². The average molecular weight is 686 g/mol. The zero-order chi connectivity index (χ0) is 28.4. The van der Waals surface area contributed by atoms with E-state index >= 15 is 0 Å². The Morgan fingerprint density at radius 2 is 1.62 bits per heavy atom. The molecule has 0 saturated carbocycles. The fourth-order valence-electron chi connectivity index (χ4n) is 4.84. The van der Waals surface area contributed by atoms with E-state index in [-0.39, 0.29) is 12.1 Å². The summed E-state index contributed by atoms with van der Waals surface area (Å²) in [7, 11) is 0. The smallest absolute Gasteiger partial charge is 0.331 e. The van der Waals surface area contributed by atoms with Gasteiger partial charge in [0, 0.05) is 38.5 Å². The maximum Gasteiger partial charge on any atom is 0.331 e. The Balaban J connectivity index is 1.71. The molecule has 2 heterocycles. The maximum atomic E-state index is 14.5. The average Bonchev–Trinajstić information content (AvgIpc) is 3.02. The zero-order valence-electron chi connectivity index (χ0n) is 20.9. The SMILES string of the molecule is O=C(O)C(c1ccc(Cl)cc1)N1C(=O)c2cc(I)ccc2N(CCc2ccccn2)C(=O)C1c1ccc(Cl)cc1. The number of pyridine rings is 1. The van der Waals surface area contributed by atoms with E-state index in [0.717, 1.165) is 14.2 Å². The summed E-state index contributed by atoms with van der Waals surface area (Å²) in [5.41, 5.74) is 2.17. The summed E-state index contributed by atoms with van der Waals surface area (Å²) in [6.07, 6.45) is 2.11. The number of hydrogen-bond donors (Lipinski definition) is 1. The molecule has 2 amide bonds. The summed E-state index contributed by atoms with van der Waals surface area (Å²) in [6.45, 7) is 0.229. The van der Waals surface area contributed by atoms with Crippen LogP contribution in [0.4, 0.5) is 5.69 Å². The molecule has 0 fully saturated rings. The minimum atomic E-state index is -1.48. The first kappa shape index (κ1) is 28.1. The van der Waals surface area contributed by atoms with E-state index in [2.05, 4.69) is 27.6 Å². The normalized spacial score (nSPS) is 15.9. The van der Waals surface area contributed by atoms with Crippen LogP contribution in [0.2, 0.25) is 10.0 Å². The molecule has 4 aromatic rings. The second-order valence-corrected chi connectivity index (χ2v) is 11.3. The van der Waals surface area contributed by atoms with E-state index in [0.29, 0.717) is 33.3 Å². The summed E-state index contributed by atoms with van der Waals surface area (Å²) in [5.74, 6) is -2.30. The molecule has 1 aliphatic rings. The Morgan fingerprint density at radius 3 is 2.25 bits per heavy atom. The van der Waals surface area contributed by atoms with E-state index in [1.54, 1.807) is 71.8 Å². The first-order valence-electron chi connectivity index (χ1n) is 12.3. The van der Waals surface area contributed by atoms with Gasteiger partial charge in [0.25, 0.3) is 11.8 Å². The van der Waals surface area contributed by atoms with Crippen LogP contribution in [0.25, 0.3) is 0 Å². The number of anilines is 1. The van der Waals surface area contributed by atoms with Gasteiger partial charge >= 0.3 is 5.97 Å². The van der Waals surface area contributed by atoms with E-state index in [1.165, 1.54) is 0 Å². The van der Waals surface area contributed by atoms with Gasteiger partial charge in [-0.2, -0.15) is 0 Å². The highest BCUT2D eigenvalue weighted by Gasteiger charge is 2.46. The lowest BCUT2D eigenvalue weighted by molar-refractivity contribution is -0.144. The van der Waals surface area contributed by atoms with Gasteiger partial charge in [0.15, 0.2) is 6.04 Å². The summed E-state index contributed by atoms with van der Waals surface area (Å²) in [4.78, 5) is 48.9. The number of carbonyl (C=O) groups is 3. The van der Waals surface area contributed by atoms with Crippen LogP contribution in [0.1, 0.15) is 39.3 Å². The molecule has 3 aromatic carbocycles. The minimum Gasteiger partial charge on any atom is -0.479 e. The lowest BCUT2D eigenvalue weighted by Gasteiger charge is -2.35. The third-order valence-corrected chi connectivity index (χ3v) is 7.87. The largest absolute Gasteiger partial charge is 0.479 e. The molecule has 10 heteroatoms. The van der Waals surface area contributed by atoms with Crippen molar-refractivity contribution in [2.45, 2.75) is 18.5 Å². The lowest BCUT2D eigenvalue weighted by Crippen LogP contribution is -2.46. The van der Waals surface area contributed by atoms with Crippen LogP contribution in [0, 0.1) is 3.57 Å². The molecule has 40 heavy (non-hydrogen) atoms. The highest BCUT2D eigenvalue weighted by Crippen LogP contribution is 2.41. The Bertz CT molecular complexity index is 1570. The van der Waals surface area contributed by atoms with Gasteiger partial charge in [-0.05, 0) is 88.3 Å². The number of hydrogen-bond acceptors (Lipinski definition) is 4. The van der Waals surface area contributed by atoms with Crippen molar-refractivity contribution in [1.29, 1.82) is 0 Å². The van der Waals surface area contributed by atoms with E-state index in [9.17, 15) is 19.5 Å². The van der Waals surface area contributed by atoms with Crippen LogP contribution < -0.4 is 4.90 Å². The van der Waals surface area contributed by atoms with Gasteiger partial charge in [0.05, 0.1) is 11.3 Å². The summed E-state index contributed by atoms with van der Waals surface area (Å²) < 4.78 is 0.769. The topological polar surface area (TPSA) is 90.8 Å². The monoisotopic (exact) mass is 685 g/mol. The van der Waals surface area contributed by atoms with Crippen molar-refractivity contribution in [2.24, 2.45) is 0 Å². The van der Waals surface area contributed by atoms with Crippen LogP contribution in [0.5, 0.6) is 0 Å². The summed E-state index contributed by atoms with van der Waals surface area (Å²) >= 11 is 14.3. The number of halogens is 3. The molecule has 1 aromatic heterocycles. The van der Waals surface area contributed by atoms with Crippen LogP contribution in [-0.4, -0.2) is 39.3 Å². The standard InChI is InChI=1S/C30H22Cl2IN3O4/c31-20-8-4-18(5-9-20)26-29(38)35(16-14-23-3-1-2-15-34-23)25-13-12-22(33)17-24(25)28(37)36(26)27(30(39)40)19-6-10-21(32)11-7-19/h1-13,15,17,26-27H,14,16H2,(H,39,40). The molecule has 1 aliphatic heterocycles. The molecular formula is C30H22Cl2IN3O4. The van der Waals surface area contributed by atoms with Gasteiger partial charge in [-0.1, -0.05) is 53.5 Å². The van der Waals surface area contributed by atoms with Crippen LogP contribution in [0.15, 0.2) is 91.1 Å². The number of amides is 2. The third kappa shape index (κ3) is 5.70. The van der Waals surface area contributed by atoms with Crippen molar-refractivity contribution >= 4 is 69.3 Å². The van der Waals surface area contributed by atoms with Gasteiger partial charge in [0.2, 0.25) is 0 Å². The highest BCUT2D eigenvalue weighted by atomic mass is 127. The maximum absolute atomic E-state index is 14.5.